The molecule has 5 heteroatoms. The lowest BCUT2D eigenvalue weighted by atomic mass is 9.90. The number of benzene rings is 6. The molecule has 0 spiro atoms. The summed E-state index contributed by atoms with van der Waals surface area (Å²) in [5.74, 6) is 0. The molecule has 1 aliphatic carbocycles. The van der Waals surface area contributed by atoms with Crippen molar-refractivity contribution in [2.45, 2.75) is 66.8 Å². The predicted octanol–water partition coefficient (Wildman–Crippen LogP) is 15.4. The lowest BCUT2D eigenvalue weighted by Crippen LogP contribution is -2.14. The van der Waals surface area contributed by atoms with Gasteiger partial charge in [0.05, 0.1) is 11.6 Å². The summed E-state index contributed by atoms with van der Waals surface area (Å²) in [6, 6.07) is 44.1. The van der Waals surface area contributed by atoms with Gasteiger partial charge in [-0.05, 0) is 131 Å². The van der Waals surface area contributed by atoms with Crippen molar-refractivity contribution in [1.82, 2.24) is 4.57 Å². The molecule has 60 heavy (non-hydrogen) atoms. The minimum Gasteiger partial charge on any atom is -0.388 e. The van der Waals surface area contributed by atoms with Crippen molar-refractivity contribution in [3.05, 3.63) is 180 Å². The maximum Gasteiger partial charge on any atom is 0.0733 e. The van der Waals surface area contributed by atoms with E-state index in [-0.39, 0.29) is 6.04 Å². The van der Waals surface area contributed by atoms with E-state index in [4.69, 9.17) is 5.41 Å². The normalized spacial score (nSPS) is 12.1. The van der Waals surface area contributed by atoms with Crippen LogP contribution in [0.15, 0.2) is 152 Å². The molecule has 4 nitrogen and oxygen atoms in total. The van der Waals surface area contributed by atoms with Gasteiger partial charge in [-0.3, -0.25) is 0 Å². The number of aromatic nitrogens is 1. The van der Waals surface area contributed by atoms with E-state index in [1.54, 1.807) is 12.3 Å². The van der Waals surface area contributed by atoms with Gasteiger partial charge < -0.3 is 20.6 Å². The van der Waals surface area contributed by atoms with E-state index < -0.39 is 0 Å². The Morgan fingerprint density at radius 2 is 1.43 bits per heavy atom. The van der Waals surface area contributed by atoms with Crippen molar-refractivity contribution in [1.29, 1.82) is 5.41 Å². The number of hydrogen-bond acceptors (Lipinski definition) is 4. The molecule has 1 aromatic heterocycles. The second kappa shape index (κ2) is 21.8. The Kier molecular flexibility index (Phi) is 16.4. The molecule has 0 bridgehead atoms. The molecule has 0 saturated carbocycles. The Balaban J connectivity index is 0.00000109. The first-order valence-corrected chi connectivity index (χ1v) is 22.3. The molecule has 8 rings (SSSR count). The highest BCUT2D eigenvalue weighted by Crippen LogP contribution is 2.43. The quantitative estimate of drug-likeness (QED) is 0.0564. The van der Waals surface area contributed by atoms with Gasteiger partial charge in [0.15, 0.2) is 0 Å². The molecule has 6 aromatic carbocycles. The number of rotatable bonds is 12. The van der Waals surface area contributed by atoms with Gasteiger partial charge in [0.25, 0.3) is 0 Å². The Morgan fingerprint density at radius 1 is 0.750 bits per heavy atom. The molecule has 0 saturated heterocycles. The van der Waals surface area contributed by atoms with E-state index in [1.807, 2.05) is 46.9 Å². The van der Waals surface area contributed by atoms with Crippen LogP contribution < -0.4 is 10.6 Å². The number of nitrogens with zero attached hydrogens (tertiary/aromatic N) is 1. The van der Waals surface area contributed by atoms with Crippen LogP contribution in [0, 0.1) is 5.41 Å². The van der Waals surface area contributed by atoms with Crippen molar-refractivity contribution in [3.8, 4) is 27.9 Å². The first-order chi connectivity index (χ1) is 29.5. The Morgan fingerprint density at radius 3 is 2.13 bits per heavy atom. The van der Waals surface area contributed by atoms with Crippen LogP contribution in [0.2, 0.25) is 0 Å². The molecular weight excluding hydrogens is 749 g/mol. The zero-order valence-corrected chi connectivity index (χ0v) is 37.6. The lowest BCUT2D eigenvalue weighted by Gasteiger charge is -2.26. The van der Waals surface area contributed by atoms with Crippen LogP contribution in [0.4, 0.5) is 11.4 Å². The fraction of sp³-hybridized carbons (Fsp3) is 0.218. The minimum atomic E-state index is -0.105. The zero-order chi connectivity index (χ0) is 43.2. The lowest BCUT2D eigenvalue weighted by molar-refractivity contribution is 0.920. The highest BCUT2D eigenvalue weighted by atomic mass is 32.1. The van der Waals surface area contributed by atoms with Crippen molar-refractivity contribution in [2.24, 2.45) is 0 Å². The number of aryl methyl sites for hydroxylation is 3. The summed E-state index contributed by atoms with van der Waals surface area (Å²) >= 11 is 3.53. The van der Waals surface area contributed by atoms with Gasteiger partial charge in [0, 0.05) is 52.5 Å². The smallest absolute Gasteiger partial charge is 0.0733 e. The fourth-order valence-corrected chi connectivity index (χ4v) is 8.48. The van der Waals surface area contributed by atoms with Gasteiger partial charge in [0.2, 0.25) is 0 Å². The largest absolute Gasteiger partial charge is 0.388 e. The third kappa shape index (κ3) is 9.07. The van der Waals surface area contributed by atoms with Crippen molar-refractivity contribution >= 4 is 58.0 Å². The van der Waals surface area contributed by atoms with Crippen LogP contribution in [-0.2, 0) is 19.3 Å². The van der Waals surface area contributed by atoms with Crippen LogP contribution in [0.1, 0.15) is 75.5 Å². The van der Waals surface area contributed by atoms with Gasteiger partial charge in [-0.2, -0.15) is 12.6 Å². The minimum absolute atomic E-state index is 0.105. The Hall–Kier alpha value is -6.04. The monoisotopic (exact) mass is 810 g/mol. The molecular formula is C55H62N4S. The third-order valence-electron chi connectivity index (χ3n) is 11.1. The average molecular weight is 811 g/mol. The SMILES string of the molecule is C=Cc1c(CC)c2ccc(-c3ccc(NC(/C(C)=C/C=C\C=N)c4ccc5c6c(cccc46)CC5)c(-c4ccccc4NC)c3)cc2n1-c1ccccc1.CC.CC.CS. The molecule has 1 aliphatic rings. The van der Waals surface area contributed by atoms with Gasteiger partial charge in [-0.25, -0.2) is 0 Å². The maximum absolute atomic E-state index is 7.58. The topological polar surface area (TPSA) is 52.8 Å². The number of allylic oxidation sites excluding steroid dienone is 3. The van der Waals surface area contributed by atoms with Crippen LogP contribution in [0.3, 0.4) is 0 Å². The fourth-order valence-electron chi connectivity index (χ4n) is 8.48. The van der Waals surface area contributed by atoms with Crippen molar-refractivity contribution < 1.29 is 0 Å². The number of thiol groups is 1. The highest BCUT2D eigenvalue weighted by molar-refractivity contribution is 7.79. The van der Waals surface area contributed by atoms with E-state index in [9.17, 15) is 0 Å². The molecule has 0 aliphatic heterocycles. The van der Waals surface area contributed by atoms with E-state index in [1.165, 1.54) is 55.7 Å². The van der Waals surface area contributed by atoms with Gasteiger partial charge in [0.1, 0.15) is 0 Å². The third-order valence-corrected chi connectivity index (χ3v) is 11.1. The van der Waals surface area contributed by atoms with Crippen LogP contribution in [0.5, 0.6) is 0 Å². The van der Waals surface area contributed by atoms with Gasteiger partial charge in [-0.1, -0.05) is 138 Å². The van der Waals surface area contributed by atoms with E-state index in [0.717, 1.165) is 64.3 Å². The van der Waals surface area contributed by atoms with Gasteiger partial charge in [-0.15, -0.1) is 0 Å². The number of nitrogens with one attached hydrogen (secondary N) is 3. The summed E-state index contributed by atoms with van der Waals surface area (Å²) in [5, 5.41) is 19.1. The number of para-hydroxylation sites is 2. The predicted molar refractivity (Wildman–Crippen MR) is 270 cm³/mol. The summed E-state index contributed by atoms with van der Waals surface area (Å²) < 4.78 is 2.35. The van der Waals surface area contributed by atoms with Gasteiger partial charge >= 0.3 is 0 Å². The summed E-state index contributed by atoms with van der Waals surface area (Å²) in [6.45, 7) is 16.6. The number of hydrogen-bond donors (Lipinski definition) is 4. The second-order valence-electron chi connectivity index (χ2n) is 14.1. The first kappa shape index (κ1) is 45.1. The molecule has 3 N–H and O–H groups in total. The van der Waals surface area contributed by atoms with E-state index in [2.05, 4.69) is 176 Å². The molecule has 0 radical (unpaired) electrons. The standard InChI is InChI=1S/C50H46N4.2C2H6.CH4S/c1-5-39-41-27-25-37(32-48(41)54(47(39)6-2)38-17-8-7-9-18-38)36-26-29-46(44(31-36)40-19-10-11-21-45(40)52-4)53-50(33(3)15-12-13-30-51)43-28-24-35-23-22-34-16-14-20-42(43)49(34)35;3*1-2/h6-21,24-32,50-53H,2,5,22-23H2,1,3-4H3;2*1-2H3;2H,1H3/b13-12-,33-15+,51-30?;;;. The summed E-state index contributed by atoms with van der Waals surface area (Å²) in [4.78, 5) is 0. The van der Waals surface area contributed by atoms with Crippen LogP contribution in [0.25, 0.3) is 55.7 Å². The molecule has 1 atom stereocenters. The second-order valence-corrected chi connectivity index (χ2v) is 14.1. The van der Waals surface area contributed by atoms with Crippen molar-refractivity contribution in [2.75, 3.05) is 23.9 Å². The first-order valence-electron chi connectivity index (χ1n) is 21.4. The zero-order valence-electron chi connectivity index (χ0n) is 36.7. The molecule has 0 fully saturated rings. The number of fused-ring (bicyclic) bond motifs is 1. The number of anilines is 2. The molecule has 308 valence electrons. The molecule has 1 heterocycles. The highest BCUT2D eigenvalue weighted by Gasteiger charge is 2.23. The molecule has 7 aromatic rings. The van der Waals surface area contributed by atoms with E-state index in [0.29, 0.717) is 0 Å². The van der Waals surface area contributed by atoms with Crippen molar-refractivity contribution in [3.63, 3.8) is 0 Å². The Labute approximate surface area is 364 Å². The average Bonchev–Trinajstić information content (AvgIpc) is 3.90. The summed E-state index contributed by atoms with van der Waals surface area (Å²) in [5.41, 5.74) is 16.7. The summed E-state index contributed by atoms with van der Waals surface area (Å²) in [6.07, 6.45) is 14.0. The Bertz CT molecular complexity index is 2600. The van der Waals surface area contributed by atoms with E-state index >= 15 is 0 Å². The molecule has 1 unspecified atom stereocenters. The van der Waals surface area contributed by atoms with Crippen LogP contribution in [-0.4, -0.2) is 24.1 Å². The molecule has 0 amide bonds. The maximum atomic E-state index is 7.58. The van der Waals surface area contributed by atoms with Crippen LogP contribution >= 0.6 is 12.6 Å². The summed E-state index contributed by atoms with van der Waals surface area (Å²) in [7, 11) is 1.99.